The Kier molecular flexibility index (Phi) is 6.18. The molecule has 3 aromatic rings. The molecule has 0 aliphatic heterocycles. The van der Waals surface area contributed by atoms with Crippen molar-refractivity contribution < 1.29 is 14.4 Å². The molecule has 0 saturated carbocycles. The molecule has 4 N–H and O–H groups in total. The maximum absolute atomic E-state index is 13.2. The lowest BCUT2D eigenvalue weighted by atomic mass is 10.2. The third-order valence-corrected chi connectivity index (χ3v) is 4.71. The van der Waals surface area contributed by atoms with Crippen LogP contribution >= 0.6 is 23.5 Å². The molecule has 0 radical (unpaired) electrons. The summed E-state index contributed by atoms with van der Waals surface area (Å²) in [5.74, 6) is -0.751. The fraction of sp³-hybridized carbons (Fsp3) is 0. The summed E-state index contributed by atoms with van der Waals surface area (Å²) in [4.78, 5) is 13.2. The van der Waals surface area contributed by atoms with E-state index < -0.39 is 5.82 Å². The van der Waals surface area contributed by atoms with Gasteiger partial charge in [-0.15, -0.1) is 0 Å². The standard InChI is InChI=1S/C19H15ClFN3O2S/c20-17-11-15(6-9-18(17)21)24-27-16-7-4-13(5-8-16)22-19(25)12-2-1-3-14(10-12)23-26/h1-11,23-24,26H,(H,22,25). The molecule has 1 amide bonds. The van der Waals surface area contributed by atoms with Crippen LogP contribution in [0.5, 0.6) is 0 Å². The van der Waals surface area contributed by atoms with Gasteiger partial charge in [0.15, 0.2) is 0 Å². The van der Waals surface area contributed by atoms with Gasteiger partial charge in [-0.25, -0.2) is 4.39 Å². The summed E-state index contributed by atoms with van der Waals surface area (Å²) >= 11 is 7.09. The molecule has 0 fully saturated rings. The number of hydrogen-bond donors (Lipinski definition) is 4. The predicted octanol–water partition coefficient (Wildman–Crippen LogP) is 5.65. The first-order valence-electron chi connectivity index (χ1n) is 7.84. The maximum Gasteiger partial charge on any atom is 0.255 e. The van der Waals surface area contributed by atoms with E-state index in [4.69, 9.17) is 16.8 Å². The Labute approximate surface area is 164 Å². The van der Waals surface area contributed by atoms with E-state index in [-0.39, 0.29) is 10.9 Å². The average molecular weight is 404 g/mol. The lowest BCUT2D eigenvalue weighted by Crippen LogP contribution is -2.12. The summed E-state index contributed by atoms with van der Waals surface area (Å²) in [6.45, 7) is 0. The molecule has 5 nitrogen and oxygen atoms in total. The van der Waals surface area contributed by atoms with Crippen LogP contribution in [0.1, 0.15) is 10.4 Å². The van der Waals surface area contributed by atoms with E-state index in [0.717, 1.165) is 4.90 Å². The fourth-order valence-electron chi connectivity index (χ4n) is 2.22. The smallest absolute Gasteiger partial charge is 0.255 e. The summed E-state index contributed by atoms with van der Waals surface area (Å²) in [7, 11) is 0. The first-order chi connectivity index (χ1) is 13.0. The van der Waals surface area contributed by atoms with Crippen LogP contribution < -0.4 is 15.5 Å². The van der Waals surface area contributed by atoms with Crippen LogP contribution in [0.25, 0.3) is 0 Å². The maximum atomic E-state index is 13.2. The van der Waals surface area contributed by atoms with Gasteiger partial charge in [0, 0.05) is 21.8 Å². The zero-order valence-electron chi connectivity index (χ0n) is 13.9. The summed E-state index contributed by atoms with van der Waals surface area (Å²) < 4.78 is 16.2. The third-order valence-electron chi connectivity index (χ3n) is 3.57. The Bertz CT molecular complexity index is 954. The molecule has 0 unspecified atom stereocenters. The molecule has 3 rings (SSSR count). The minimum Gasteiger partial charge on any atom is -0.326 e. The van der Waals surface area contributed by atoms with Crippen LogP contribution in [-0.4, -0.2) is 11.1 Å². The summed E-state index contributed by atoms with van der Waals surface area (Å²) in [5, 5.41) is 11.8. The Hall–Kier alpha value is -2.74. The topological polar surface area (TPSA) is 73.4 Å². The second-order valence-electron chi connectivity index (χ2n) is 5.50. The highest BCUT2D eigenvalue weighted by Crippen LogP contribution is 2.26. The van der Waals surface area contributed by atoms with Crippen LogP contribution in [0, 0.1) is 5.82 Å². The zero-order valence-corrected chi connectivity index (χ0v) is 15.4. The summed E-state index contributed by atoms with van der Waals surface area (Å²) in [6.07, 6.45) is 0. The quantitative estimate of drug-likeness (QED) is 0.316. The van der Waals surface area contributed by atoms with Gasteiger partial charge < -0.3 is 10.0 Å². The molecule has 3 aromatic carbocycles. The van der Waals surface area contributed by atoms with E-state index in [1.54, 1.807) is 36.4 Å². The average Bonchev–Trinajstić information content (AvgIpc) is 2.70. The van der Waals surface area contributed by atoms with Crippen LogP contribution in [0.4, 0.5) is 21.5 Å². The number of nitrogens with one attached hydrogen (secondary N) is 3. The van der Waals surface area contributed by atoms with Crippen LogP contribution in [-0.2, 0) is 0 Å². The lowest BCUT2D eigenvalue weighted by Gasteiger charge is -2.09. The van der Waals surface area contributed by atoms with Gasteiger partial charge in [-0.1, -0.05) is 17.7 Å². The Morgan fingerprint density at radius 3 is 2.41 bits per heavy atom. The highest BCUT2D eigenvalue weighted by atomic mass is 35.5. The van der Waals surface area contributed by atoms with Crippen molar-refractivity contribution in [2.24, 2.45) is 0 Å². The molecule has 0 aliphatic carbocycles. The molecule has 27 heavy (non-hydrogen) atoms. The minimum absolute atomic E-state index is 0.0547. The van der Waals surface area contributed by atoms with E-state index in [9.17, 15) is 9.18 Å². The first kappa shape index (κ1) is 19.0. The van der Waals surface area contributed by atoms with Crippen LogP contribution in [0.2, 0.25) is 5.02 Å². The SMILES string of the molecule is O=C(Nc1ccc(SNc2ccc(F)c(Cl)c2)cc1)c1cccc(NO)c1. The third kappa shape index (κ3) is 5.13. The van der Waals surface area contributed by atoms with Crippen molar-refractivity contribution in [1.29, 1.82) is 0 Å². The second-order valence-corrected chi connectivity index (χ2v) is 6.79. The first-order valence-corrected chi connectivity index (χ1v) is 9.04. The van der Waals surface area contributed by atoms with Crippen molar-refractivity contribution in [3.05, 3.63) is 83.1 Å². The zero-order chi connectivity index (χ0) is 19.2. The highest BCUT2D eigenvalue weighted by Gasteiger charge is 2.07. The molecule has 8 heteroatoms. The van der Waals surface area contributed by atoms with Crippen molar-refractivity contribution in [1.82, 2.24) is 0 Å². The van der Waals surface area contributed by atoms with Crippen molar-refractivity contribution in [3.63, 3.8) is 0 Å². The van der Waals surface area contributed by atoms with Gasteiger partial charge in [0.2, 0.25) is 0 Å². The van der Waals surface area contributed by atoms with E-state index in [0.29, 0.717) is 22.6 Å². The van der Waals surface area contributed by atoms with Gasteiger partial charge in [-0.05, 0) is 72.6 Å². The van der Waals surface area contributed by atoms with Gasteiger partial charge >= 0.3 is 0 Å². The van der Waals surface area contributed by atoms with E-state index in [1.807, 2.05) is 17.6 Å². The molecule has 138 valence electrons. The fourth-order valence-corrected chi connectivity index (χ4v) is 3.03. The largest absolute Gasteiger partial charge is 0.326 e. The molecular formula is C19H15ClFN3O2S. The minimum atomic E-state index is -0.465. The number of benzene rings is 3. The number of rotatable bonds is 6. The lowest BCUT2D eigenvalue weighted by molar-refractivity contribution is 0.102. The van der Waals surface area contributed by atoms with Crippen LogP contribution in [0.15, 0.2) is 71.6 Å². The van der Waals surface area contributed by atoms with Gasteiger partial charge in [0.1, 0.15) is 5.82 Å². The molecule has 0 bridgehead atoms. The van der Waals surface area contributed by atoms with E-state index in [2.05, 4.69) is 10.0 Å². The van der Waals surface area contributed by atoms with Crippen molar-refractivity contribution >= 4 is 46.5 Å². The van der Waals surface area contributed by atoms with Gasteiger partial charge in [0.05, 0.1) is 10.7 Å². The normalized spacial score (nSPS) is 10.3. The van der Waals surface area contributed by atoms with Crippen molar-refractivity contribution in [2.75, 3.05) is 15.5 Å². The Morgan fingerprint density at radius 1 is 0.963 bits per heavy atom. The summed E-state index contributed by atoms with van der Waals surface area (Å²) in [5.41, 5.74) is 4.18. The number of hydrogen-bond acceptors (Lipinski definition) is 5. The number of carbonyl (C=O) groups is 1. The van der Waals surface area contributed by atoms with Crippen molar-refractivity contribution in [3.8, 4) is 0 Å². The number of anilines is 3. The molecule has 0 atom stereocenters. The predicted molar refractivity (Wildman–Crippen MR) is 107 cm³/mol. The molecule has 0 spiro atoms. The monoisotopic (exact) mass is 403 g/mol. The second kappa shape index (κ2) is 8.77. The molecule has 0 aliphatic rings. The Morgan fingerprint density at radius 2 is 1.70 bits per heavy atom. The van der Waals surface area contributed by atoms with Gasteiger partial charge in [0.25, 0.3) is 5.91 Å². The van der Waals surface area contributed by atoms with E-state index >= 15 is 0 Å². The van der Waals surface area contributed by atoms with Gasteiger partial charge in [-0.3, -0.25) is 15.5 Å². The summed E-state index contributed by atoms with van der Waals surface area (Å²) in [6, 6.07) is 18.1. The molecular weight excluding hydrogens is 389 g/mol. The number of halogens is 2. The van der Waals surface area contributed by atoms with E-state index in [1.165, 1.54) is 30.1 Å². The Balaban J connectivity index is 1.59. The molecule has 0 saturated heterocycles. The highest BCUT2D eigenvalue weighted by molar-refractivity contribution is 8.00. The number of carbonyl (C=O) groups excluding carboxylic acids is 1. The van der Waals surface area contributed by atoms with Gasteiger partial charge in [-0.2, -0.15) is 0 Å². The molecule has 0 aromatic heterocycles. The molecule has 0 heterocycles. The number of amides is 1. The van der Waals surface area contributed by atoms with Crippen LogP contribution in [0.3, 0.4) is 0 Å². The van der Waals surface area contributed by atoms with Crippen molar-refractivity contribution in [2.45, 2.75) is 4.90 Å².